The van der Waals surface area contributed by atoms with E-state index in [9.17, 15) is 0 Å². The number of nitrogen functional groups attached to an aromatic ring is 1. The Bertz CT molecular complexity index is 576. The lowest BCUT2D eigenvalue weighted by molar-refractivity contribution is 0.280. The van der Waals surface area contributed by atoms with Gasteiger partial charge in [-0.1, -0.05) is 11.2 Å². The average Bonchev–Trinajstić information content (AvgIpc) is 3.17. The van der Waals surface area contributed by atoms with Crippen molar-refractivity contribution < 1.29 is 14.0 Å². The molecule has 0 radical (unpaired) electrons. The fraction of sp³-hybridized carbons (Fsp3) is 0.357. The van der Waals surface area contributed by atoms with Crippen LogP contribution in [0, 0.1) is 5.92 Å². The number of nitrogens with zero attached hydrogens (tertiary/aromatic N) is 1. The summed E-state index contributed by atoms with van der Waals surface area (Å²) >= 11 is 0. The average molecular weight is 260 g/mol. The first-order chi connectivity index (χ1) is 9.28. The maximum atomic E-state index is 5.81. The van der Waals surface area contributed by atoms with Crippen LogP contribution in [0.3, 0.4) is 0 Å². The highest BCUT2D eigenvalue weighted by Crippen LogP contribution is 2.36. The van der Waals surface area contributed by atoms with Crippen LogP contribution in [0.1, 0.15) is 12.8 Å². The van der Waals surface area contributed by atoms with Gasteiger partial charge in [-0.25, -0.2) is 0 Å². The van der Waals surface area contributed by atoms with Crippen molar-refractivity contribution in [1.82, 2.24) is 5.16 Å². The standard InChI is InChI=1S/C14H16N2O3/c1-17-12-5-4-10(11-7-16-19-14(11)15)6-13(12)18-8-9-2-3-9/h4-7,9H,2-3,8,15H2,1H3. The number of rotatable bonds is 5. The van der Waals surface area contributed by atoms with Crippen molar-refractivity contribution in [3.63, 3.8) is 0 Å². The first-order valence-electron chi connectivity index (χ1n) is 6.29. The van der Waals surface area contributed by atoms with Crippen molar-refractivity contribution in [3.05, 3.63) is 24.4 Å². The summed E-state index contributed by atoms with van der Waals surface area (Å²) in [6.07, 6.45) is 4.10. The summed E-state index contributed by atoms with van der Waals surface area (Å²) < 4.78 is 16.0. The first kappa shape index (κ1) is 11.9. The molecule has 1 aromatic carbocycles. The molecule has 0 unspecified atom stereocenters. The largest absolute Gasteiger partial charge is 0.493 e. The van der Waals surface area contributed by atoms with E-state index in [0.29, 0.717) is 11.8 Å². The zero-order chi connectivity index (χ0) is 13.2. The van der Waals surface area contributed by atoms with E-state index in [2.05, 4.69) is 5.16 Å². The highest BCUT2D eigenvalue weighted by Gasteiger charge is 2.22. The normalized spacial score (nSPS) is 14.4. The molecule has 19 heavy (non-hydrogen) atoms. The van der Waals surface area contributed by atoms with Crippen LogP contribution in [0.25, 0.3) is 11.1 Å². The molecule has 3 rings (SSSR count). The lowest BCUT2D eigenvalue weighted by Gasteiger charge is -2.11. The van der Waals surface area contributed by atoms with Crippen molar-refractivity contribution in [1.29, 1.82) is 0 Å². The van der Waals surface area contributed by atoms with Crippen LogP contribution in [0.4, 0.5) is 5.88 Å². The molecule has 1 saturated carbocycles. The van der Waals surface area contributed by atoms with E-state index in [1.807, 2.05) is 18.2 Å². The van der Waals surface area contributed by atoms with Crippen molar-refractivity contribution >= 4 is 5.88 Å². The Balaban J connectivity index is 1.89. The van der Waals surface area contributed by atoms with Gasteiger partial charge in [0.25, 0.3) is 0 Å². The summed E-state index contributed by atoms with van der Waals surface area (Å²) in [5, 5.41) is 3.68. The predicted octanol–water partition coefficient (Wildman–Crippen LogP) is 2.72. The zero-order valence-corrected chi connectivity index (χ0v) is 10.8. The van der Waals surface area contributed by atoms with Crippen LogP contribution in [-0.4, -0.2) is 18.9 Å². The van der Waals surface area contributed by atoms with Gasteiger partial charge in [0.1, 0.15) is 0 Å². The molecular weight excluding hydrogens is 244 g/mol. The molecule has 0 saturated heterocycles. The molecule has 2 N–H and O–H groups in total. The Morgan fingerprint density at radius 1 is 1.37 bits per heavy atom. The lowest BCUT2D eigenvalue weighted by Crippen LogP contribution is -2.01. The number of hydrogen-bond donors (Lipinski definition) is 1. The molecule has 0 amide bonds. The Labute approximate surface area is 111 Å². The number of hydrogen-bond acceptors (Lipinski definition) is 5. The van der Waals surface area contributed by atoms with Gasteiger partial charge in [0.2, 0.25) is 5.88 Å². The smallest absolute Gasteiger partial charge is 0.229 e. The molecule has 1 fully saturated rings. The third-order valence-corrected chi connectivity index (χ3v) is 3.24. The zero-order valence-electron chi connectivity index (χ0n) is 10.8. The van der Waals surface area contributed by atoms with Crippen LogP contribution in [0.15, 0.2) is 28.9 Å². The maximum absolute atomic E-state index is 5.81. The second-order valence-electron chi connectivity index (χ2n) is 4.72. The van der Waals surface area contributed by atoms with Gasteiger partial charge in [0, 0.05) is 0 Å². The predicted molar refractivity (Wildman–Crippen MR) is 71.1 cm³/mol. The fourth-order valence-corrected chi connectivity index (χ4v) is 1.91. The quantitative estimate of drug-likeness (QED) is 0.895. The van der Waals surface area contributed by atoms with Crippen molar-refractivity contribution in [2.24, 2.45) is 5.92 Å². The molecule has 0 bridgehead atoms. The topological polar surface area (TPSA) is 70.5 Å². The highest BCUT2D eigenvalue weighted by atomic mass is 16.5. The maximum Gasteiger partial charge on any atom is 0.229 e. The third-order valence-electron chi connectivity index (χ3n) is 3.24. The summed E-state index contributed by atoms with van der Waals surface area (Å²) in [6.45, 7) is 0.735. The molecule has 2 aromatic rings. The molecule has 5 nitrogen and oxygen atoms in total. The fourth-order valence-electron chi connectivity index (χ4n) is 1.91. The van der Waals surface area contributed by atoms with E-state index in [1.54, 1.807) is 13.3 Å². The molecule has 1 aliphatic rings. The van der Waals surface area contributed by atoms with Gasteiger partial charge in [-0.3, -0.25) is 0 Å². The lowest BCUT2D eigenvalue weighted by atomic mass is 10.1. The Morgan fingerprint density at radius 2 is 2.21 bits per heavy atom. The summed E-state index contributed by atoms with van der Waals surface area (Å²) in [5.41, 5.74) is 7.39. The third kappa shape index (κ3) is 2.50. The van der Waals surface area contributed by atoms with E-state index in [1.165, 1.54) is 12.8 Å². The summed E-state index contributed by atoms with van der Waals surface area (Å²) in [7, 11) is 1.63. The minimum atomic E-state index is 0.304. The van der Waals surface area contributed by atoms with Crippen LogP contribution >= 0.6 is 0 Å². The molecule has 1 aromatic heterocycles. The minimum absolute atomic E-state index is 0.304. The Morgan fingerprint density at radius 3 is 2.84 bits per heavy atom. The molecule has 0 spiro atoms. The molecule has 100 valence electrons. The van der Waals surface area contributed by atoms with Gasteiger partial charge >= 0.3 is 0 Å². The number of aromatic nitrogens is 1. The summed E-state index contributed by atoms with van der Waals surface area (Å²) in [4.78, 5) is 0. The second kappa shape index (κ2) is 4.84. The summed E-state index contributed by atoms with van der Waals surface area (Å²) in [5.74, 6) is 2.44. The van der Waals surface area contributed by atoms with E-state index in [4.69, 9.17) is 19.7 Å². The van der Waals surface area contributed by atoms with Gasteiger partial charge < -0.3 is 19.7 Å². The van der Waals surface area contributed by atoms with Gasteiger partial charge in [-0.05, 0) is 36.5 Å². The van der Waals surface area contributed by atoms with E-state index >= 15 is 0 Å². The van der Waals surface area contributed by atoms with E-state index in [0.717, 1.165) is 29.2 Å². The van der Waals surface area contributed by atoms with Crippen LogP contribution in [0.5, 0.6) is 11.5 Å². The Hall–Kier alpha value is -2.17. The van der Waals surface area contributed by atoms with Gasteiger partial charge in [-0.2, -0.15) is 0 Å². The van der Waals surface area contributed by atoms with Crippen molar-refractivity contribution in [2.75, 3.05) is 19.5 Å². The second-order valence-corrected chi connectivity index (χ2v) is 4.72. The molecule has 5 heteroatoms. The molecule has 1 heterocycles. The van der Waals surface area contributed by atoms with E-state index < -0.39 is 0 Å². The SMILES string of the molecule is COc1ccc(-c2cnoc2N)cc1OCC1CC1. The first-order valence-corrected chi connectivity index (χ1v) is 6.29. The number of methoxy groups -OCH3 is 1. The highest BCUT2D eigenvalue weighted by molar-refractivity contribution is 5.74. The van der Waals surface area contributed by atoms with Gasteiger partial charge in [0.05, 0.1) is 25.5 Å². The van der Waals surface area contributed by atoms with Crippen LogP contribution in [-0.2, 0) is 0 Å². The minimum Gasteiger partial charge on any atom is -0.493 e. The van der Waals surface area contributed by atoms with Gasteiger partial charge in [0.15, 0.2) is 11.5 Å². The summed E-state index contributed by atoms with van der Waals surface area (Å²) in [6, 6.07) is 5.68. The number of anilines is 1. The van der Waals surface area contributed by atoms with Crippen molar-refractivity contribution in [2.45, 2.75) is 12.8 Å². The van der Waals surface area contributed by atoms with Crippen LogP contribution < -0.4 is 15.2 Å². The molecule has 1 aliphatic carbocycles. The molecular formula is C14H16N2O3. The van der Waals surface area contributed by atoms with Crippen molar-refractivity contribution in [3.8, 4) is 22.6 Å². The Kier molecular flexibility index (Phi) is 3.03. The molecule has 0 aliphatic heterocycles. The number of nitrogens with two attached hydrogens (primary N) is 1. The monoisotopic (exact) mass is 260 g/mol. The number of ether oxygens (including phenoxy) is 2. The number of benzene rings is 1. The molecule has 0 atom stereocenters. The van der Waals surface area contributed by atoms with Gasteiger partial charge in [-0.15, -0.1) is 0 Å². The van der Waals surface area contributed by atoms with Crippen LogP contribution in [0.2, 0.25) is 0 Å². The van der Waals surface area contributed by atoms with E-state index in [-0.39, 0.29) is 0 Å².